The number of nitrogens with one attached hydrogen (secondary N) is 1. The fourth-order valence-electron chi connectivity index (χ4n) is 5.45. The highest BCUT2D eigenvalue weighted by Crippen LogP contribution is 2.42. The molecule has 1 aliphatic heterocycles. The van der Waals surface area contributed by atoms with E-state index in [1.54, 1.807) is 13.8 Å². The molecule has 2 unspecified atom stereocenters. The highest BCUT2D eigenvalue weighted by molar-refractivity contribution is 5.96. The van der Waals surface area contributed by atoms with Crippen molar-refractivity contribution < 1.29 is 28.1 Å². The van der Waals surface area contributed by atoms with E-state index in [9.17, 15) is 19.0 Å². The Morgan fingerprint density at radius 1 is 1.16 bits per heavy atom. The molecule has 3 aromatic rings. The van der Waals surface area contributed by atoms with Crippen LogP contribution in [0.25, 0.3) is 10.9 Å². The molecule has 1 aliphatic carbocycles. The fourth-order valence-corrected chi connectivity index (χ4v) is 5.45. The summed E-state index contributed by atoms with van der Waals surface area (Å²) in [5.74, 6) is -4.09. The fraction of sp³-hybridized carbons (Fsp3) is 0.500. The molecule has 5 rings (SSSR count). The third-order valence-corrected chi connectivity index (χ3v) is 7.67. The van der Waals surface area contributed by atoms with Crippen molar-refractivity contribution in [3.63, 3.8) is 0 Å². The molecule has 1 fully saturated rings. The maximum atomic E-state index is 15.5. The highest BCUT2D eigenvalue weighted by atomic mass is 19.3. The Morgan fingerprint density at radius 2 is 1.87 bits per heavy atom. The second-order valence-electron chi connectivity index (χ2n) is 10.4. The van der Waals surface area contributed by atoms with Crippen LogP contribution in [0.15, 0.2) is 24.3 Å². The number of aliphatic hydroxyl groups excluding tert-OH is 1. The smallest absolute Gasteiger partial charge is 0.306 e. The maximum Gasteiger partial charge on any atom is 0.306 e. The molecule has 1 saturated heterocycles. The average Bonchev–Trinajstić information content (AvgIpc) is 3.39. The lowest BCUT2D eigenvalue weighted by atomic mass is 9.90. The van der Waals surface area contributed by atoms with Crippen LogP contribution in [0, 0.1) is 12.7 Å². The van der Waals surface area contributed by atoms with Gasteiger partial charge in [0.2, 0.25) is 0 Å². The lowest BCUT2D eigenvalue weighted by Crippen LogP contribution is -2.47. The molecule has 1 aromatic heterocycles. The van der Waals surface area contributed by atoms with Crippen molar-refractivity contribution in [1.82, 2.24) is 9.97 Å². The Labute approximate surface area is 219 Å². The van der Waals surface area contributed by atoms with Crippen molar-refractivity contribution >= 4 is 22.4 Å². The number of nitrogens with zero attached hydrogens (tertiary/aromatic N) is 3. The number of hydrogen-bond donors (Lipinski definition) is 3. The van der Waals surface area contributed by atoms with Gasteiger partial charge in [0.25, 0.3) is 0 Å². The average molecular weight is 531 g/mol. The number of rotatable bonds is 7. The van der Waals surface area contributed by atoms with Crippen LogP contribution in [0.5, 0.6) is 0 Å². The summed E-state index contributed by atoms with van der Waals surface area (Å²) in [6.07, 6.45) is 2.92. The van der Waals surface area contributed by atoms with Gasteiger partial charge < -0.3 is 25.2 Å². The van der Waals surface area contributed by atoms with Gasteiger partial charge in [-0.05, 0) is 63.3 Å². The number of anilines is 2. The number of aliphatic hydroxyl groups is 2. The van der Waals surface area contributed by atoms with Crippen LogP contribution >= 0.6 is 0 Å². The van der Waals surface area contributed by atoms with Gasteiger partial charge in [0.05, 0.1) is 36.9 Å². The van der Waals surface area contributed by atoms with E-state index in [2.05, 4.69) is 21.3 Å². The number of aryl methyl sites for hydroxylation is 2. The number of halogens is 3. The summed E-state index contributed by atoms with van der Waals surface area (Å²) in [6.45, 7) is 5.91. The number of morpholine rings is 1. The summed E-state index contributed by atoms with van der Waals surface area (Å²) in [7, 11) is 0. The molecule has 0 amide bonds. The molecule has 204 valence electrons. The van der Waals surface area contributed by atoms with Gasteiger partial charge in [-0.15, -0.1) is 0 Å². The number of ether oxygens (including phenoxy) is 1. The number of fused-ring (bicyclic) bond motifs is 3. The lowest BCUT2D eigenvalue weighted by Gasteiger charge is -2.32. The minimum atomic E-state index is -4.01. The van der Waals surface area contributed by atoms with E-state index < -0.39 is 35.6 Å². The van der Waals surface area contributed by atoms with Gasteiger partial charge in [0, 0.05) is 29.7 Å². The van der Waals surface area contributed by atoms with E-state index in [-0.39, 0.29) is 5.56 Å². The molecule has 10 heteroatoms. The van der Waals surface area contributed by atoms with E-state index in [0.29, 0.717) is 24.9 Å². The number of hydrogen-bond acceptors (Lipinski definition) is 7. The second-order valence-corrected chi connectivity index (χ2v) is 10.4. The first-order chi connectivity index (χ1) is 18.0. The Morgan fingerprint density at radius 3 is 2.58 bits per heavy atom. The summed E-state index contributed by atoms with van der Waals surface area (Å²) in [5.41, 5.74) is 0.692. The molecule has 38 heavy (non-hydrogen) atoms. The zero-order chi connectivity index (χ0) is 27.2. The van der Waals surface area contributed by atoms with Gasteiger partial charge in [0.15, 0.2) is 5.60 Å². The van der Waals surface area contributed by atoms with Crippen molar-refractivity contribution in [3.05, 3.63) is 58.2 Å². The standard InChI is InChI=1S/C28H33F3N4O3/c1-16(18-6-5-9-22(24(18)29)28(30,31)27(3,37)15-36)32-26-21-14-23(35-10-12-38-13-11-35)19-7-4-8-20(19)25(21)33-17(2)34-26/h5-6,9,14,16,36-37H,4,7-8,10-13,15H2,1-3H3,(H,32,33,34). The molecule has 3 N–H and O–H groups in total. The SMILES string of the molecule is Cc1nc(NC(C)c2cccc(C(F)(F)C(C)(O)CO)c2F)c2cc(N3CCOCC3)c3c(c2n1)CCC3. The van der Waals surface area contributed by atoms with Crippen molar-refractivity contribution in [1.29, 1.82) is 0 Å². The van der Waals surface area contributed by atoms with Gasteiger partial charge in [-0.1, -0.05) is 12.1 Å². The summed E-state index contributed by atoms with van der Waals surface area (Å²) < 4.78 is 51.0. The molecule has 0 saturated carbocycles. The van der Waals surface area contributed by atoms with Gasteiger partial charge in [0.1, 0.15) is 17.5 Å². The molecular weight excluding hydrogens is 497 g/mol. The van der Waals surface area contributed by atoms with Crippen molar-refractivity contribution in [3.8, 4) is 0 Å². The van der Waals surface area contributed by atoms with Crippen LogP contribution in [-0.4, -0.2) is 58.7 Å². The third kappa shape index (κ3) is 4.48. The largest absolute Gasteiger partial charge is 0.393 e. The molecule has 2 heterocycles. The highest BCUT2D eigenvalue weighted by Gasteiger charge is 2.52. The van der Waals surface area contributed by atoms with Crippen molar-refractivity contribution in [2.45, 2.75) is 57.6 Å². The second kappa shape index (κ2) is 9.98. The predicted molar refractivity (Wildman–Crippen MR) is 139 cm³/mol. The number of benzene rings is 2. The van der Waals surface area contributed by atoms with Crippen LogP contribution in [0.4, 0.5) is 24.7 Å². The maximum absolute atomic E-state index is 15.5. The molecule has 2 atom stereocenters. The van der Waals surface area contributed by atoms with Crippen LogP contribution in [-0.2, 0) is 23.5 Å². The quantitative estimate of drug-likeness (QED) is 0.417. The van der Waals surface area contributed by atoms with Gasteiger partial charge in [-0.25, -0.2) is 14.4 Å². The first-order valence-electron chi connectivity index (χ1n) is 13.0. The molecule has 2 aliphatic rings. The monoisotopic (exact) mass is 530 g/mol. The summed E-state index contributed by atoms with van der Waals surface area (Å²) in [4.78, 5) is 11.7. The molecular formula is C28H33F3N4O3. The minimum Gasteiger partial charge on any atom is -0.393 e. The van der Waals surface area contributed by atoms with E-state index >= 15 is 4.39 Å². The normalized spacial score (nSPS) is 18.4. The van der Waals surface area contributed by atoms with Crippen molar-refractivity contribution in [2.24, 2.45) is 0 Å². The van der Waals surface area contributed by atoms with Crippen molar-refractivity contribution in [2.75, 3.05) is 43.1 Å². The summed E-state index contributed by atoms with van der Waals surface area (Å²) in [5, 5.41) is 23.4. The van der Waals surface area contributed by atoms with E-state index in [1.807, 2.05) is 0 Å². The van der Waals surface area contributed by atoms with Gasteiger partial charge in [-0.3, -0.25) is 0 Å². The molecule has 7 nitrogen and oxygen atoms in total. The zero-order valence-electron chi connectivity index (χ0n) is 21.8. The molecule has 0 radical (unpaired) electrons. The summed E-state index contributed by atoms with van der Waals surface area (Å²) in [6, 6.07) is 5.02. The van der Waals surface area contributed by atoms with Crippen LogP contribution < -0.4 is 10.2 Å². The Hall–Kier alpha value is -2.95. The Kier molecular flexibility index (Phi) is 7.00. The van der Waals surface area contributed by atoms with Gasteiger partial charge in [-0.2, -0.15) is 8.78 Å². The lowest BCUT2D eigenvalue weighted by molar-refractivity contribution is -0.197. The Balaban J connectivity index is 1.56. The first-order valence-corrected chi connectivity index (χ1v) is 13.0. The van der Waals surface area contributed by atoms with E-state index in [4.69, 9.17) is 9.72 Å². The topological polar surface area (TPSA) is 90.7 Å². The molecule has 2 aromatic carbocycles. The first kappa shape index (κ1) is 26.6. The van der Waals surface area contributed by atoms with Crippen LogP contribution in [0.3, 0.4) is 0 Å². The third-order valence-electron chi connectivity index (χ3n) is 7.67. The zero-order valence-corrected chi connectivity index (χ0v) is 21.8. The van der Waals surface area contributed by atoms with E-state index in [0.717, 1.165) is 61.9 Å². The number of alkyl halides is 2. The Bertz CT molecular complexity index is 1360. The predicted octanol–water partition coefficient (Wildman–Crippen LogP) is 4.41. The minimum absolute atomic E-state index is 0.00473. The molecule has 0 spiro atoms. The van der Waals surface area contributed by atoms with Gasteiger partial charge >= 0.3 is 5.92 Å². The van der Waals surface area contributed by atoms with E-state index in [1.165, 1.54) is 23.3 Å². The van der Waals surface area contributed by atoms with Crippen LogP contribution in [0.2, 0.25) is 0 Å². The molecule has 0 bridgehead atoms. The number of aromatic nitrogens is 2. The summed E-state index contributed by atoms with van der Waals surface area (Å²) >= 11 is 0. The van der Waals surface area contributed by atoms with Crippen LogP contribution in [0.1, 0.15) is 54.4 Å².